The van der Waals surface area contributed by atoms with Crippen LogP contribution in [0, 0.1) is 0 Å². The van der Waals surface area contributed by atoms with E-state index in [1.165, 1.54) is 12.3 Å². The molecule has 0 saturated carbocycles. The lowest BCUT2D eigenvalue weighted by atomic mass is 10.2. The summed E-state index contributed by atoms with van der Waals surface area (Å²) in [5.74, 6) is -0.491. The first-order chi connectivity index (χ1) is 8.66. The molecule has 0 amide bonds. The number of aromatic nitrogens is 1. The Morgan fingerprint density at radius 2 is 2.06 bits per heavy atom. The number of carbonyl (C=O) groups is 1. The first-order valence-electron chi connectivity index (χ1n) is 5.54. The fourth-order valence-electron chi connectivity index (χ4n) is 1.75. The van der Waals surface area contributed by atoms with E-state index in [4.69, 9.17) is 9.52 Å². The van der Waals surface area contributed by atoms with Crippen molar-refractivity contribution in [2.75, 3.05) is 7.05 Å². The van der Waals surface area contributed by atoms with Gasteiger partial charge in [0, 0.05) is 18.9 Å². The average Bonchev–Trinajstić information content (AvgIpc) is 2.78. The Morgan fingerprint density at radius 1 is 1.33 bits per heavy atom. The van der Waals surface area contributed by atoms with E-state index in [-0.39, 0.29) is 5.56 Å². The van der Waals surface area contributed by atoms with Crippen molar-refractivity contribution in [1.29, 1.82) is 0 Å². The van der Waals surface area contributed by atoms with Gasteiger partial charge in [0.1, 0.15) is 11.3 Å². The molecular weight excluding hydrogens is 232 g/mol. The third kappa shape index (κ3) is 2.95. The van der Waals surface area contributed by atoms with Gasteiger partial charge in [-0.15, -0.1) is 0 Å². The lowest BCUT2D eigenvalue weighted by molar-refractivity contribution is 0.0693. The van der Waals surface area contributed by atoms with Gasteiger partial charge in [0.15, 0.2) is 0 Å². The number of hydrogen-bond acceptors (Lipinski definition) is 4. The fraction of sp³-hybridized carbons (Fsp3) is 0.231. The Morgan fingerprint density at radius 3 is 2.72 bits per heavy atom. The van der Waals surface area contributed by atoms with Gasteiger partial charge in [-0.05, 0) is 30.8 Å². The normalized spacial score (nSPS) is 10.8. The molecule has 2 heterocycles. The first kappa shape index (κ1) is 12.3. The maximum absolute atomic E-state index is 10.9. The maximum Gasteiger partial charge on any atom is 0.339 e. The van der Waals surface area contributed by atoms with Crippen LogP contribution in [0.25, 0.3) is 0 Å². The molecule has 5 nitrogen and oxygen atoms in total. The Labute approximate surface area is 105 Å². The van der Waals surface area contributed by atoms with Gasteiger partial charge < -0.3 is 9.52 Å². The molecule has 0 aliphatic carbocycles. The number of rotatable bonds is 5. The van der Waals surface area contributed by atoms with Crippen molar-refractivity contribution in [2.24, 2.45) is 0 Å². The van der Waals surface area contributed by atoms with E-state index in [2.05, 4.69) is 4.98 Å². The standard InChI is InChI=1S/C13H14N2O3/c1-15(8-10-2-5-14-6-3-10)9-12-11(13(16)17)4-7-18-12/h2-7H,8-9H2,1H3,(H,16,17). The van der Waals surface area contributed by atoms with E-state index in [1.54, 1.807) is 12.4 Å². The van der Waals surface area contributed by atoms with Crippen molar-refractivity contribution >= 4 is 5.97 Å². The number of carboxylic acids is 1. The third-order valence-corrected chi connectivity index (χ3v) is 2.59. The van der Waals surface area contributed by atoms with Crippen LogP contribution in [-0.4, -0.2) is 28.0 Å². The van der Waals surface area contributed by atoms with Crippen LogP contribution >= 0.6 is 0 Å². The highest BCUT2D eigenvalue weighted by Crippen LogP contribution is 2.14. The average molecular weight is 246 g/mol. The second-order valence-electron chi connectivity index (χ2n) is 4.09. The maximum atomic E-state index is 10.9. The number of furan rings is 1. The number of pyridine rings is 1. The molecule has 0 aliphatic rings. The van der Waals surface area contributed by atoms with Crippen LogP contribution in [0.3, 0.4) is 0 Å². The summed E-state index contributed by atoms with van der Waals surface area (Å²) in [4.78, 5) is 16.9. The van der Waals surface area contributed by atoms with Crippen molar-refractivity contribution in [1.82, 2.24) is 9.88 Å². The summed E-state index contributed by atoms with van der Waals surface area (Å²) in [6, 6.07) is 5.32. The van der Waals surface area contributed by atoms with Crippen molar-refractivity contribution in [2.45, 2.75) is 13.1 Å². The summed E-state index contributed by atoms with van der Waals surface area (Å²) in [6.07, 6.45) is 4.87. The van der Waals surface area contributed by atoms with Crippen LogP contribution in [-0.2, 0) is 13.1 Å². The molecule has 0 radical (unpaired) electrons. The van der Waals surface area contributed by atoms with Gasteiger partial charge in [-0.2, -0.15) is 0 Å². The molecule has 18 heavy (non-hydrogen) atoms. The zero-order valence-electron chi connectivity index (χ0n) is 10.0. The topological polar surface area (TPSA) is 66.6 Å². The molecule has 1 N–H and O–H groups in total. The molecule has 0 fully saturated rings. The van der Waals surface area contributed by atoms with Crippen molar-refractivity contribution in [3.63, 3.8) is 0 Å². The highest BCUT2D eigenvalue weighted by atomic mass is 16.4. The van der Waals surface area contributed by atoms with E-state index in [1.807, 2.05) is 24.1 Å². The van der Waals surface area contributed by atoms with Crippen LogP contribution in [0.4, 0.5) is 0 Å². The largest absolute Gasteiger partial charge is 0.478 e. The molecule has 0 aliphatic heterocycles. The third-order valence-electron chi connectivity index (χ3n) is 2.59. The van der Waals surface area contributed by atoms with Crippen molar-refractivity contribution < 1.29 is 14.3 Å². The summed E-state index contributed by atoms with van der Waals surface area (Å²) in [7, 11) is 1.91. The molecule has 0 spiro atoms. The van der Waals surface area contributed by atoms with Crippen LogP contribution in [0.1, 0.15) is 21.7 Å². The predicted molar refractivity (Wildman–Crippen MR) is 65.1 cm³/mol. The first-order valence-corrected chi connectivity index (χ1v) is 5.54. The number of aromatic carboxylic acids is 1. The minimum Gasteiger partial charge on any atom is -0.478 e. The molecule has 0 unspecified atom stereocenters. The molecule has 2 aromatic heterocycles. The number of nitrogens with zero attached hydrogens (tertiary/aromatic N) is 2. The van der Waals surface area contributed by atoms with Crippen molar-refractivity contribution in [3.05, 3.63) is 53.7 Å². The van der Waals surface area contributed by atoms with Crippen LogP contribution in [0.5, 0.6) is 0 Å². The summed E-state index contributed by atoms with van der Waals surface area (Å²) < 4.78 is 5.20. The summed E-state index contributed by atoms with van der Waals surface area (Å²) >= 11 is 0. The Balaban J connectivity index is 2.01. The Kier molecular flexibility index (Phi) is 3.74. The molecule has 5 heteroatoms. The predicted octanol–water partition coefficient (Wildman–Crippen LogP) is 2.00. The van der Waals surface area contributed by atoms with Gasteiger partial charge in [-0.25, -0.2) is 4.79 Å². The molecule has 2 rings (SSSR count). The molecule has 0 aromatic carbocycles. The highest BCUT2D eigenvalue weighted by molar-refractivity contribution is 5.88. The van der Waals surface area contributed by atoms with E-state index < -0.39 is 5.97 Å². The van der Waals surface area contributed by atoms with Crippen LogP contribution in [0.2, 0.25) is 0 Å². The zero-order chi connectivity index (χ0) is 13.0. The quantitative estimate of drug-likeness (QED) is 0.874. The molecule has 2 aromatic rings. The minimum absolute atomic E-state index is 0.219. The van der Waals surface area contributed by atoms with Crippen molar-refractivity contribution in [3.8, 4) is 0 Å². The number of hydrogen-bond donors (Lipinski definition) is 1. The Bertz CT molecular complexity index is 522. The van der Waals surface area contributed by atoms with E-state index in [9.17, 15) is 4.79 Å². The van der Waals surface area contributed by atoms with Crippen LogP contribution in [0.15, 0.2) is 41.3 Å². The van der Waals surface area contributed by atoms with E-state index >= 15 is 0 Å². The van der Waals surface area contributed by atoms with E-state index in [0.29, 0.717) is 18.8 Å². The smallest absolute Gasteiger partial charge is 0.339 e. The van der Waals surface area contributed by atoms with Gasteiger partial charge in [-0.3, -0.25) is 9.88 Å². The van der Waals surface area contributed by atoms with E-state index in [0.717, 1.165) is 5.56 Å². The van der Waals surface area contributed by atoms with Gasteiger partial charge >= 0.3 is 5.97 Å². The fourth-order valence-corrected chi connectivity index (χ4v) is 1.75. The minimum atomic E-state index is -0.962. The molecule has 0 atom stereocenters. The zero-order valence-corrected chi connectivity index (χ0v) is 10.0. The second-order valence-corrected chi connectivity index (χ2v) is 4.09. The van der Waals surface area contributed by atoms with Gasteiger partial charge in [-0.1, -0.05) is 0 Å². The summed E-state index contributed by atoms with van der Waals surface area (Å²) in [5.41, 5.74) is 1.34. The number of carboxylic acid groups (broad SMARTS) is 1. The van der Waals surface area contributed by atoms with Crippen LogP contribution < -0.4 is 0 Å². The lowest BCUT2D eigenvalue weighted by Gasteiger charge is -2.15. The Hall–Kier alpha value is -2.14. The van der Waals surface area contributed by atoms with Gasteiger partial charge in [0.05, 0.1) is 12.8 Å². The summed E-state index contributed by atoms with van der Waals surface area (Å²) in [6.45, 7) is 1.17. The molecule has 0 saturated heterocycles. The summed E-state index contributed by atoms with van der Waals surface area (Å²) in [5, 5.41) is 8.97. The molecule has 94 valence electrons. The monoisotopic (exact) mass is 246 g/mol. The lowest BCUT2D eigenvalue weighted by Crippen LogP contribution is -2.18. The van der Waals surface area contributed by atoms with Gasteiger partial charge in [0.25, 0.3) is 0 Å². The SMILES string of the molecule is CN(Cc1ccncc1)Cc1occc1C(=O)O. The molecular formula is C13H14N2O3. The molecule has 0 bridgehead atoms. The van der Waals surface area contributed by atoms with Gasteiger partial charge in [0.2, 0.25) is 0 Å². The highest BCUT2D eigenvalue weighted by Gasteiger charge is 2.14. The second kappa shape index (κ2) is 5.46.